The Bertz CT molecular complexity index is 1440. The highest BCUT2D eigenvalue weighted by Gasteiger charge is 2.25. The maximum absolute atomic E-state index is 4.88. The Balaban J connectivity index is 1.66. The summed E-state index contributed by atoms with van der Waals surface area (Å²) in [7, 11) is 0. The molecule has 0 amide bonds. The highest BCUT2D eigenvalue weighted by Crippen LogP contribution is 2.20. The number of hydrogen-bond donors (Lipinski definition) is 0. The smallest absolute Gasteiger partial charge is 0.192 e. The second kappa shape index (κ2) is 9.19. The maximum Gasteiger partial charge on any atom is 0.192 e. The molecular weight excluding hydrogens is 421 g/mol. The molecule has 0 N–H and O–H groups in total. The van der Waals surface area contributed by atoms with Crippen molar-refractivity contribution in [1.29, 1.82) is 0 Å². The Morgan fingerprint density at radius 3 is 1.74 bits per heavy atom. The van der Waals surface area contributed by atoms with Crippen LogP contribution in [0.5, 0.6) is 0 Å². The van der Waals surface area contributed by atoms with E-state index < -0.39 is 0 Å². The molecular formula is C33H31BN-. The number of benzene rings is 4. The molecule has 2 heteroatoms. The topological polar surface area (TPSA) is 12.9 Å². The normalized spacial score (nSPS) is 11.1. The predicted molar refractivity (Wildman–Crippen MR) is 152 cm³/mol. The number of hydrogen-bond acceptors (Lipinski definition) is 1. The van der Waals surface area contributed by atoms with Gasteiger partial charge in [0.15, 0.2) is 6.71 Å². The van der Waals surface area contributed by atoms with E-state index in [1.807, 2.05) is 6.07 Å². The van der Waals surface area contributed by atoms with Crippen LogP contribution in [-0.2, 0) is 0 Å². The summed E-state index contributed by atoms with van der Waals surface area (Å²) in [4.78, 5) is 4.88. The molecule has 5 rings (SSSR count). The van der Waals surface area contributed by atoms with Gasteiger partial charge in [-0.3, -0.25) is 4.98 Å². The first-order chi connectivity index (χ1) is 16.8. The molecule has 0 aliphatic heterocycles. The van der Waals surface area contributed by atoms with Crippen molar-refractivity contribution < 1.29 is 0 Å². The average molecular weight is 452 g/mol. The van der Waals surface area contributed by atoms with Gasteiger partial charge in [0.1, 0.15) is 0 Å². The molecule has 0 atom stereocenters. The summed E-state index contributed by atoms with van der Waals surface area (Å²) in [6.07, 6.45) is 0. The molecule has 0 bridgehead atoms. The van der Waals surface area contributed by atoms with E-state index in [0.29, 0.717) is 0 Å². The zero-order chi connectivity index (χ0) is 24.7. The second-order valence-corrected chi connectivity index (χ2v) is 9.98. The SMILES string of the molecule is Cc1cc(C)c(B(c2c[c-]c(-c3ccc4ccccc4n3)cc2)c2c(C)cc(C)cc2C)c(C)c1. The highest BCUT2D eigenvalue weighted by atomic mass is 14.7. The van der Waals surface area contributed by atoms with Gasteiger partial charge in [-0.1, -0.05) is 98.9 Å². The molecule has 0 radical (unpaired) electrons. The minimum absolute atomic E-state index is 0.158. The van der Waals surface area contributed by atoms with Gasteiger partial charge in [-0.25, -0.2) is 0 Å². The van der Waals surface area contributed by atoms with Gasteiger partial charge in [0, 0.05) is 0 Å². The molecule has 0 saturated carbocycles. The summed E-state index contributed by atoms with van der Waals surface area (Å²) in [5, 5.41) is 1.16. The van der Waals surface area contributed by atoms with Gasteiger partial charge in [-0.15, -0.1) is 35.3 Å². The predicted octanol–water partition coefficient (Wildman–Crippen LogP) is 6.07. The third kappa shape index (κ3) is 4.41. The van der Waals surface area contributed by atoms with E-state index >= 15 is 0 Å². The molecule has 172 valence electrons. The van der Waals surface area contributed by atoms with Crippen molar-refractivity contribution in [1.82, 2.24) is 4.98 Å². The number of pyridine rings is 1. The zero-order valence-electron chi connectivity index (χ0n) is 21.5. The summed E-state index contributed by atoms with van der Waals surface area (Å²) >= 11 is 0. The summed E-state index contributed by atoms with van der Waals surface area (Å²) < 4.78 is 0. The largest absolute Gasteiger partial charge is 0.296 e. The van der Waals surface area contributed by atoms with Crippen molar-refractivity contribution >= 4 is 34.0 Å². The Morgan fingerprint density at radius 1 is 0.629 bits per heavy atom. The summed E-state index contributed by atoms with van der Waals surface area (Å²) in [5.41, 5.74) is 15.0. The van der Waals surface area contributed by atoms with Gasteiger partial charge in [0.25, 0.3) is 0 Å². The van der Waals surface area contributed by atoms with E-state index in [0.717, 1.165) is 22.2 Å². The molecule has 0 spiro atoms. The standard InChI is InChI=1S/C33H31BN/c1-21-17-23(3)32(24(4)18-21)34(33-25(5)19-22(2)20-26(33)6)29-14-11-28(12-15-29)31-16-13-27-9-7-8-10-30(27)35-31/h7-11,13-20H,1-6H3/q-1. The lowest BCUT2D eigenvalue weighted by Gasteiger charge is -2.27. The van der Waals surface area contributed by atoms with Crippen LogP contribution in [0.2, 0.25) is 0 Å². The molecule has 0 fully saturated rings. The van der Waals surface area contributed by atoms with Crippen molar-refractivity contribution in [3.8, 4) is 11.3 Å². The number of aromatic nitrogens is 1. The van der Waals surface area contributed by atoms with Gasteiger partial charge in [0.2, 0.25) is 0 Å². The van der Waals surface area contributed by atoms with Gasteiger partial charge >= 0.3 is 0 Å². The minimum atomic E-state index is 0.158. The van der Waals surface area contributed by atoms with Gasteiger partial charge in [-0.05, 0) is 58.7 Å². The van der Waals surface area contributed by atoms with Crippen molar-refractivity contribution in [2.75, 3.05) is 0 Å². The Kier molecular flexibility index (Phi) is 6.07. The fraction of sp³-hybridized carbons (Fsp3) is 0.182. The molecule has 35 heavy (non-hydrogen) atoms. The van der Waals surface area contributed by atoms with Crippen LogP contribution in [0, 0.1) is 47.6 Å². The van der Waals surface area contributed by atoms with E-state index in [-0.39, 0.29) is 6.71 Å². The number of rotatable bonds is 4. The summed E-state index contributed by atoms with van der Waals surface area (Å²) in [6, 6.07) is 31.9. The Morgan fingerprint density at radius 2 is 1.20 bits per heavy atom. The van der Waals surface area contributed by atoms with Crippen molar-refractivity contribution in [2.45, 2.75) is 41.5 Å². The molecule has 5 aromatic rings. The van der Waals surface area contributed by atoms with Crippen LogP contribution < -0.4 is 16.4 Å². The first-order valence-electron chi connectivity index (χ1n) is 12.3. The fourth-order valence-electron chi connectivity index (χ4n) is 5.76. The second-order valence-electron chi connectivity index (χ2n) is 9.98. The molecule has 0 unspecified atom stereocenters. The van der Waals surface area contributed by atoms with Gasteiger partial charge in [0.05, 0.1) is 5.52 Å². The molecule has 0 saturated heterocycles. The third-order valence-corrected chi connectivity index (χ3v) is 7.10. The van der Waals surface area contributed by atoms with Crippen LogP contribution in [0.3, 0.4) is 0 Å². The summed E-state index contributed by atoms with van der Waals surface area (Å²) in [6.45, 7) is 13.5. The van der Waals surface area contributed by atoms with E-state index in [1.54, 1.807) is 0 Å². The number of fused-ring (bicyclic) bond motifs is 1. The van der Waals surface area contributed by atoms with Crippen LogP contribution in [0.4, 0.5) is 0 Å². The molecule has 0 aliphatic carbocycles. The first kappa shape index (κ1) is 23.1. The van der Waals surface area contributed by atoms with E-state index in [4.69, 9.17) is 4.98 Å². The Hall–Kier alpha value is -3.65. The van der Waals surface area contributed by atoms with Crippen molar-refractivity contribution in [3.05, 3.63) is 118 Å². The molecule has 1 aromatic heterocycles. The molecule has 1 heterocycles. The van der Waals surface area contributed by atoms with E-state index in [1.165, 1.54) is 49.8 Å². The third-order valence-electron chi connectivity index (χ3n) is 7.10. The number of nitrogens with zero attached hydrogens (tertiary/aromatic N) is 1. The van der Waals surface area contributed by atoms with Crippen LogP contribution in [0.15, 0.2) is 78.9 Å². The molecule has 0 aliphatic rings. The Labute approximate surface area is 210 Å². The van der Waals surface area contributed by atoms with Crippen molar-refractivity contribution in [3.63, 3.8) is 0 Å². The fourth-order valence-corrected chi connectivity index (χ4v) is 5.76. The number of aryl methyl sites for hydroxylation is 6. The lowest BCUT2D eigenvalue weighted by atomic mass is 9.34. The zero-order valence-corrected chi connectivity index (χ0v) is 21.5. The highest BCUT2D eigenvalue weighted by molar-refractivity contribution is 6.96. The van der Waals surface area contributed by atoms with Gasteiger partial charge < -0.3 is 0 Å². The van der Waals surface area contributed by atoms with Crippen LogP contribution in [-0.4, -0.2) is 11.7 Å². The molecule has 1 nitrogen and oxygen atoms in total. The lowest BCUT2D eigenvalue weighted by Crippen LogP contribution is -2.55. The quantitative estimate of drug-likeness (QED) is 0.238. The lowest BCUT2D eigenvalue weighted by molar-refractivity contribution is 1.34. The van der Waals surface area contributed by atoms with Gasteiger partial charge in [-0.2, -0.15) is 0 Å². The van der Waals surface area contributed by atoms with E-state index in [2.05, 4.69) is 120 Å². The summed E-state index contributed by atoms with van der Waals surface area (Å²) in [5.74, 6) is 0. The van der Waals surface area contributed by atoms with Crippen LogP contribution in [0.25, 0.3) is 22.2 Å². The number of para-hydroxylation sites is 1. The molecule has 4 aromatic carbocycles. The maximum atomic E-state index is 4.88. The monoisotopic (exact) mass is 452 g/mol. The average Bonchev–Trinajstić information content (AvgIpc) is 2.82. The first-order valence-corrected chi connectivity index (χ1v) is 12.3. The van der Waals surface area contributed by atoms with Crippen molar-refractivity contribution in [2.24, 2.45) is 0 Å². The van der Waals surface area contributed by atoms with E-state index in [9.17, 15) is 0 Å². The van der Waals surface area contributed by atoms with Crippen LogP contribution >= 0.6 is 0 Å². The van der Waals surface area contributed by atoms with Crippen LogP contribution in [0.1, 0.15) is 33.4 Å². The minimum Gasteiger partial charge on any atom is -0.296 e.